The highest BCUT2D eigenvalue weighted by molar-refractivity contribution is 5.79. The number of carbonyl (C=O) groups is 1. The maximum atomic E-state index is 11.9. The van der Waals surface area contributed by atoms with E-state index in [1.165, 1.54) is 0 Å². The number of carbonyl (C=O) groups excluding carboxylic acids is 1. The Hall–Kier alpha value is -0.610. The van der Waals surface area contributed by atoms with E-state index in [4.69, 9.17) is 15.2 Å². The van der Waals surface area contributed by atoms with Crippen LogP contribution in [0.5, 0.6) is 0 Å². The molecule has 1 saturated heterocycles. The molecule has 0 saturated carbocycles. The lowest BCUT2D eigenvalue weighted by atomic mass is 9.92. The lowest BCUT2D eigenvalue weighted by Crippen LogP contribution is -2.50. The summed E-state index contributed by atoms with van der Waals surface area (Å²) in [6.07, 6.45) is 1.33. The Bertz CT molecular complexity index is 247. The molecule has 0 bridgehead atoms. The Morgan fingerprint density at radius 1 is 1.53 bits per heavy atom. The predicted octanol–water partition coefficient (Wildman–Crippen LogP) is 1.22. The zero-order valence-corrected chi connectivity index (χ0v) is 10.0. The van der Waals surface area contributed by atoms with Crippen LogP contribution >= 0.6 is 0 Å². The van der Waals surface area contributed by atoms with Crippen LogP contribution in [0.3, 0.4) is 0 Å². The minimum atomic E-state index is -0.870. The number of rotatable bonds is 1. The van der Waals surface area contributed by atoms with Gasteiger partial charge in [0.2, 0.25) is 0 Å². The van der Waals surface area contributed by atoms with Crippen molar-refractivity contribution in [1.29, 1.82) is 0 Å². The van der Waals surface area contributed by atoms with Crippen molar-refractivity contribution in [2.24, 2.45) is 5.73 Å². The topological polar surface area (TPSA) is 61.5 Å². The number of hydrogen-bond acceptors (Lipinski definition) is 4. The fraction of sp³-hybridized carbons (Fsp3) is 0.909. The van der Waals surface area contributed by atoms with Crippen molar-refractivity contribution in [2.75, 3.05) is 6.61 Å². The van der Waals surface area contributed by atoms with Crippen molar-refractivity contribution in [3.63, 3.8) is 0 Å². The van der Waals surface area contributed by atoms with Crippen LogP contribution in [0.25, 0.3) is 0 Å². The van der Waals surface area contributed by atoms with Gasteiger partial charge in [0.1, 0.15) is 5.60 Å². The average Bonchev–Trinajstić information content (AvgIpc) is 2.00. The Kier molecular flexibility index (Phi) is 3.41. The maximum absolute atomic E-state index is 11.9. The van der Waals surface area contributed by atoms with E-state index in [1.807, 2.05) is 20.8 Å². The Balaban J connectivity index is 2.64. The molecule has 1 aliphatic rings. The normalized spacial score (nSPS) is 32.5. The number of hydrogen-bond donors (Lipinski definition) is 1. The number of esters is 1. The molecule has 0 amide bonds. The first-order valence-corrected chi connectivity index (χ1v) is 5.36. The molecule has 0 aromatic heterocycles. The van der Waals surface area contributed by atoms with Crippen molar-refractivity contribution in [3.8, 4) is 0 Å². The monoisotopic (exact) mass is 215 g/mol. The first-order valence-electron chi connectivity index (χ1n) is 5.36. The van der Waals surface area contributed by atoms with Gasteiger partial charge in [-0.3, -0.25) is 0 Å². The van der Waals surface area contributed by atoms with E-state index in [0.717, 1.165) is 6.42 Å². The van der Waals surface area contributed by atoms with Gasteiger partial charge >= 0.3 is 5.97 Å². The van der Waals surface area contributed by atoms with Gasteiger partial charge in [-0.2, -0.15) is 0 Å². The molecule has 0 aromatic carbocycles. The Morgan fingerprint density at radius 2 is 2.13 bits per heavy atom. The molecule has 2 N–H and O–H groups in total. The molecule has 1 aliphatic heterocycles. The summed E-state index contributed by atoms with van der Waals surface area (Å²) in [5.74, 6) is -0.315. The Morgan fingerprint density at radius 3 is 2.60 bits per heavy atom. The van der Waals surface area contributed by atoms with Crippen LogP contribution in [0.1, 0.15) is 40.5 Å². The van der Waals surface area contributed by atoms with Crippen LogP contribution in [0, 0.1) is 0 Å². The molecule has 2 unspecified atom stereocenters. The van der Waals surface area contributed by atoms with E-state index in [-0.39, 0.29) is 12.0 Å². The maximum Gasteiger partial charge on any atom is 0.338 e. The van der Waals surface area contributed by atoms with Crippen LogP contribution in [-0.4, -0.2) is 29.8 Å². The van der Waals surface area contributed by atoms with Crippen molar-refractivity contribution >= 4 is 5.97 Å². The van der Waals surface area contributed by atoms with Gasteiger partial charge in [0.25, 0.3) is 0 Å². The third kappa shape index (κ3) is 3.47. The second-order valence-electron chi connectivity index (χ2n) is 5.33. The molecule has 88 valence electrons. The molecule has 1 rings (SSSR count). The average molecular weight is 215 g/mol. The highest BCUT2D eigenvalue weighted by Gasteiger charge is 2.41. The lowest BCUT2D eigenvalue weighted by molar-refractivity contribution is -0.187. The molecule has 2 atom stereocenters. The summed E-state index contributed by atoms with van der Waals surface area (Å²) < 4.78 is 10.8. The SMILES string of the molecule is CC(C)(C)OC(=O)C1(C)CC(N)CCO1. The lowest BCUT2D eigenvalue weighted by Gasteiger charge is -2.36. The molecule has 15 heavy (non-hydrogen) atoms. The molecule has 1 fully saturated rings. The smallest absolute Gasteiger partial charge is 0.338 e. The molecule has 0 spiro atoms. The fourth-order valence-corrected chi connectivity index (χ4v) is 1.63. The van der Waals surface area contributed by atoms with Gasteiger partial charge in [-0.25, -0.2) is 4.79 Å². The van der Waals surface area contributed by atoms with Crippen molar-refractivity contribution in [2.45, 2.75) is 57.8 Å². The highest BCUT2D eigenvalue weighted by Crippen LogP contribution is 2.27. The molecule has 0 aromatic rings. The standard InChI is InChI=1S/C11H21NO3/c1-10(2,3)15-9(13)11(4)7-8(12)5-6-14-11/h8H,5-7,12H2,1-4H3. The second kappa shape index (κ2) is 4.10. The predicted molar refractivity (Wildman–Crippen MR) is 57.4 cm³/mol. The van der Waals surface area contributed by atoms with Crippen LogP contribution in [0.2, 0.25) is 0 Å². The van der Waals surface area contributed by atoms with Crippen LogP contribution < -0.4 is 5.73 Å². The van der Waals surface area contributed by atoms with E-state index in [0.29, 0.717) is 13.0 Å². The number of nitrogens with two attached hydrogens (primary N) is 1. The largest absolute Gasteiger partial charge is 0.458 e. The fourth-order valence-electron chi connectivity index (χ4n) is 1.63. The van der Waals surface area contributed by atoms with Crippen LogP contribution in [0.15, 0.2) is 0 Å². The van der Waals surface area contributed by atoms with E-state index in [9.17, 15) is 4.79 Å². The zero-order valence-electron chi connectivity index (χ0n) is 10.0. The molecular weight excluding hydrogens is 194 g/mol. The van der Waals surface area contributed by atoms with E-state index in [2.05, 4.69) is 0 Å². The van der Waals surface area contributed by atoms with Gasteiger partial charge < -0.3 is 15.2 Å². The summed E-state index contributed by atoms with van der Waals surface area (Å²) in [5.41, 5.74) is 4.47. The van der Waals surface area contributed by atoms with Gasteiger partial charge in [-0.05, 0) is 34.1 Å². The van der Waals surface area contributed by atoms with Crippen LogP contribution in [0.4, 0.5) is 0 Å². The van der Waals surface area contributed by atoms with E-state index in [1.54, 1.807) is 6.92 Å². The zero-order chi connectivity index (χ0) is 11.7. The van der Waals surface area contributed by atoms with Crippen molar-refractivity contribution in [1.82, 2.24) is 0 Å². The molecule has 4 heteroatoms. The first-order chi connectivity index (χ1) is 6.73. The second-order valence-corrected chi connectivity index (χ2v) is 5.33. The molecular formula is C11H21NO3. The van der Waals surface area contributed by atoms with Crippen molar-refractivity contribution in [3.05, 3.63) is 0 Å². The molecule has 1 heterocycles. The minimum absolute atomic E-state index is 0.0243. The molecule has 4 nitrogen and oxygen atoms in total. The third-order valence-corrected chi connectivity index (χ3v) is 2.39. The van der Waals surface area contributed by atoms with E-state index < -0.39 is 11.2 Å². The summed E-state index contributed by atoms with van der Waals surface area (Å²) in [4.78, 5) is 11.9. The van der Waals surface area contributed by atoms with Gasteiger partial charge in [0.05, 0.1) is 0 Å². The minimum Gasteiger partial charge on any atom is -0.458 e. The summed E-state index contributed by atoms with van der Waals surface area (Å²) in [5, 5.41) is 0. The summed E-state index contributed by atoms with van der Waals surface area (Å²) >= 11 is 0. The third-order valence-electron chi connectivity index (χ3n) is 2.39. The van der Waals surface area contributed by atoms with Crippen LogP contribution in [-0.2, 0) is 14.3 Å². The van der Waals surface area contributed by atoms with Gasteiger partial charge in [-0.15, -0.1) is 0 Å². The molecule has 0 radical (unpaired) electrons. The van der Waals surface area contributed by atoms with Crippen molar-refractivity contribution < 1.29 is 14.3 Å². The number of ether oxygens (including phenoxy) is 2. The van der Waals surface area contributed by atoms with Gasteiger partial charge in [0.15, 0.2) is 5.60 Å². The summed E-state index contributed by atoms with van der Waals surface area (Å²) in [7, 11) is 0. The van der Waals surface area contributed by atoms with Gasteiger partial charge in [0, 0.05) is 19.1 Å². The Labute approximate surface area is 91.1 Å². The van der Waals surface area contributed by atoms with E-state index >= 15 is 0 Å². The summed E-state index contributed by atoms with van der Waals surface area (Å²) in [6, 6.07) is 0.0243. The highest BCUT2D eigenvalue weighted by atomic mass is 16.6. The van der Waals surface area contributed by atoms with Gasteiger partial charge in [-0.1, -0.05) is 0 Å². The quantitative estimate of drug-likeness (QED) is 0.668. The first kappa shape index (κ1) is 12.5. The summed E-state index contributed by atoms with van der Waals surface area (Å²) in [6.45, 7) is 7.81. The molecule has 0 aliphatic carbocycles.